The second-order valence-corrected chi connectivity index (χ2v) is 4.93. The minimum Gasteiger partial charge on any atom is -0.360 e. The Morgan fingerprint density at radius 1 is 1.39 bits per heavy atom. The predicted molar refractivity (Wildman–Crippen MR) is 80.8 cm³/mol. The van der Waals surface area contributed by atoms with Gasteiger partial charge in [0.05, 0.1) is 10.9 Å². The molecule has 2 aromatic heterocycles. The van der Waals surface area contributed by atoms with E-state index in [0.29, 0.717) is 17.8 Å². The Labute approximate surface area is 129 Å². The minimum atomic E-state index is -0.725. The van der Waals surface area contributed by atoms with Crippen LogP contribution in [-0.2, 0) is 6.54 Å². The summed E-state index contributed by atoms with van der Waals surface area (Å²) in [5, 5.41) is 10.2. The van der Waals surface area contributed by atoms with Gasteiger partial charge in [0.15, 0.2) is 11.5 Å². The monoisotopic (exact) mass is 316 g/mol. The molecular weight excluding hydrogens is 303 g/mol. The lowest BCUT2D eigenvalue weighted by atomic mass is 10.2. The number of fused-ring (bicyclic) bond motifs is 1. The maximum atomic E-state index is 13.4. The number of halogens is 1. The SMILES string of the molecule is CCn1nc(C(=O)Nc2cc(C)on2)c(=O)c2cc(F)ccc21. The summed E-state index contributed by atoms with van der Waals surface area (Å²) in [6.07, 6.45) is 0. The number of benzene rings is 1. The first-order valence-corrected chi connectivity index (χ1v) is 6.94. The molecule has 0 aliphatic heterocycles. The summed E-state index contributed by atoms with van der Waals surface area (Å²) in [4.78, 5) is 24.7. The summed E-state index contributed by atoms with van der Waals surface area (Å²) < 4.78 is 19.8. The quantitative estimate of drug-likeness (QED) is 0.799. The molecule has 0 atom stereocenters. The highest BCUT2D eigenvalue weighted by Gasteiger charge is 2.18. The summed E-state index contributed by atoms with van der Waals surface area (Å²) in [6, 6.07) is 5.32. The molecule has 1 amide bonds. The number of nitrogens with zero attached hydrogens (tertiary/aromatic N) is 3. The first kappa shape index (κ1) is 14.9. The Balaban J connectivity index is 2.11. The van der Waals surface area contributed by atoms with Gasteiger partial charge in [-0.05, 0) is 32.0 Å². The fourth-order valence-electron chi connectivity index (χ4n) is 2.25. The van der Waals surface area contributed by atoms with Crippen LogP contribution in [0.25, 0.3) is 10.9 Å². The van der Waals surface area contributed by atoms with Gasteiger partial charge in [-0.3, -0.25) is 14.3 Å². The summed E-state index contributed by atoms with van der Waals surface area (Å²) in [6.45, 7) is 3.90. The van der Waals surface area contributed by atoms with Gasteiger partial charge in [-0.15, -0.1) is 0 Å². The van der Waals surface area contributed by atoms with Crippen LogP contribution >= 0.6 is 0 Å². The third-order valence-electron chi connectivity index (χ3n) is 3.30. The normalized spacial score (nSPS) is 10.9. The van der Waals surface area contributed by atoms with Gasteiger partial charge in [0.2, 0.25) is 5.43 Å². The molecule has 0 saturated carbocycles. The number of carbonyl (C=O) groups excluding carboxylic acids is 1. The van der Waals surface area contributed by atoms with Gasteiger partial charge >= 0.3 is 0 Å². The number of carbonyl (C=O) groups is 1. The van der Waals surface area contributed by atoms with E-state index in [9.17, 15) is 14.0 Å². The molecule has 7 nitrogen and oxygen atoms in total. The van der Waals surface area contributed by atoms with E-state index in [2.05, 4.69) is 15.6 Å². The lowest BCUT2D eigenvalue weighted by Crippen LogP contribution is -2.27. The molecule has 23 heavy (non-hydrogen) atoms. The van der Waals surface area contributed by atoms with Crippen molar-refractivity contribution in [3.05, 3.63) is 51.8 Å². The van der Waals surface area contributed by atoms with Crippen LogP contribution in [0.15, 0.2) is 33.6 Å². The van der Waals surface area contributed by atoms with Crippen molar-refractivity contribution in [2.24, 2.45) is 0 Å². The number of rotatable bonds is 3. The first-order valence-electron chi connectivity index (χ1n) is 6.94. The number of anilines is 1. The Kier molecular flexibility index (Phi) is 3.65. The van der Waals surface area contributed by atoms with Crippen molar-refractivity contribution >= 4 is 22.6 Å². The van der Waals surface area contributed by atoms with E-state index < -0.39 is 17.2 Å². The molecule has 0 saturated heterocycles. The molecule has 0 fully saturated rings. The van der Waals surface area contributed by atoms with E-state index in [1.165, 1.54) is 22.9 Å². The van der Waals surface area contributed by atoms with Crippen LogP contribution in [-0.4, -0.2) is 20.8 Å². The van der Waals surface area contributed by atoms with E-state index >= 15 is 0 Å². The van der Waals surface area contributed by atoms with E-state index in [-0.39, 0.29) is 16.9 Å². The molecule has 8 heteroatoms. The minimum absolute atomic E-state index is 0.100. The maximum Gasteiger partial charge on any atom is 0.281 e. The second kappa shape index (κ2) is 5.64. The first-order chi connectivity index (χ1) is 11.0. The molecule has 0 aliphatic carbocycles. The average molecular weight is 316 g/mol. The molecule has 0 bridgehead atoms. The van der Waals surface area contributed by atoms with E-state index in [4.69, 9.17) is 4.52 Å². The maximum absolute atomic E-state index is 13.4. The fraction of sp³-hybridized carbons (Fsp3) is 0.200. The Bertz CT molecular complexity index is 961. The zero-order chi connectivity index (χ0) is 16.6. The van der Waals surface area contributed by atoms with E-state index in [0.717, 1.165) is 6.07 Å². The number of aromatic nitrogens is 3. The van der Waals surface area contributed by atoms with Crippen molar-refractivity contribution in [1.82, 2.24) is 14.9 Å². The number of amides is 1. The van der Waals surface area contributed by atoms with Crippen LogP contribution in [0.3, 0.4) is 0 Å². The fourth-order valence-corrected chi connectivity index (χ4v) is 2.25. The summed E-state index contributed by atoms with van der Waals surface area (Å²) in [7, 11) is 0. The zero-order valence-corrected chi connectivity index (χ0v) is 12.5. The molecule has 0 unspecified atom stereocenters. The highest BCUT2D eigenvalue weighted by Crippen LogP contribution is 2.13. The van der Waals surface area contributed by atoms with E-state index in [1.807, 2.05) is 6.92 Å². The highest BCUT2D eigenvalue weighted by molar-refractivity contribution is 6.03. The molecule has 0 spiro atoms. The third-order valence-corrected chi connectivity index (χ3v) is 3.30. The Morgan fingerprint density at radius 2 is 2.17 bits per heavy atom. The predicted octanol–water partition coefficient (Wildman–Crippen LogP) is 2.10. The van der Waals surface area contributed by atoms with Crippen LogP contribution in [0.1, 0.15) is 23.2 Å². The van der Waals surface area contributed by atoms with Gasteiger partial charge in [-0.2, -0.15) is 5.10 Å². The number of hydrogen-bond donors (Lipinski definition) is 1. The van der Waals surface area contributed by atoms with Crippen molar-refractivity contribution < 1.29 is 13.7 Å². The molecule has 0 aliphatic rings. The smallest absolute Gasteiger partial charge is 0.281 e. The summed E-state index contributed by atoms with van der Waals surface area (Å²) in [5.41, 5.74) is -0.500. The van der Waals surface area contributed by atoms with E-state index in [1.54, 1.807) is 6.92 Å². The Hall–Kier alpha value is -3.03. The van der Waals surface area contributed by atoms with Gasteiger partial charge < -0.3 is 9.84 Å². The zero-order valence-electron chi connectivity index (χ0n) is 12.5. The van der Waals surface area contributed by atoms with Crippen molar-refractivity contribution in [2.75, 3.05) is 5.32 Å². The van der Waals surface area contributed by atoms with Gasteiger partial charge in [0.25, 0.3) is 5.91 Å². The molecule has 1 N–H and O–H groups in total. The van der Waals surface area contributed by atoms with Gasteiger partial charge in [0, 0.05) is 12.6 Å². The van der Waals surface area contributed by atoms with Crippen LogP contribution < -0.4 is 10.7 Å². The molecule has 3 aromatic rings. The van der Waals surface area contributed by atoms with Crippen LogP contribution in [0.4, 0.5) is 10.2 Å². The lowest BCUT2D eigenvalue weighted by Gasteiger charge is -2.09. The van der Waals surface area contributed by atoms with Crippen molar-refractivity contribution in [3.8, 4) is 0 Å². The lowest BCUT2D eigenvalue weighted by molar-refractivity contribution is 0.101. The van der Waals surface area contributed by atoms with Gasteiger partial charge in [-0.1, -0.05) is 5.16 Å². The molecule has 0 radical (unpaired) electrons. The number of aryl methyl sites for hydroxylation is 2. The standard InChI is InChI=1S/C15H13FN4O3/c1-3-20-11-5-4-9(16)7-10(11)14(21)13(18-20)15(22)17-12-6-8(2)23-19-12/h4-7H,3H2,1-2H3,(H,17,19,22). The van der Waals surface area contributed by atoms with Crippen molar-refractivity contribution in [3.63, 3.8) is 0 Å². The largest absolute Gasteiger partial charge is 0.360 e. The number of hydrogen-bond acceptors (Lipinski definition) is 5. The van der Waals surface area contributed by atoms with Gasteiger partial charge in [0.1, 0.15) is 11.6 Å². The molecule has 3 rings (SSSR count). The molecule has 1 aromatic carbocycles. The summed E-state index contributed by atoms with van der Waals surface area (Å²) >= 11 is 0. The van der Waals surface area contributed by atoms with Crippen molar-refractivity contribution in [1.29, 1.82) is 0 Å². The number of nitrogens with one attached hydrogen (secondary N) is 1. The van der Waals surface area contributed by atoms with Gasteiger partial charge in [-0.25, -0.2) is 4.39 Å². The third kappa shape index (κ3) is 2.70. The van der Waals surface area contributed by atoms with Crippen LogP contribution in [0, 0.1) is 12.7 Å². The van der Waals surface area contributed by atoms with Crippen LogP contribution in [0.5, 0.6) is 0 Å². The van der Waals surface area contributed by atoms with Crippen LogP contribution in [0.2, 0.25) is 0 Å². The summed E-state index contributed by atoms with van der Waals surface area (Å²) in [5.74, 6) is -0.588. The van der Waals surface area contributed by atoms with Crippen molar-refractivity contribution in [2.45, 2.75) is 20.4 Å². The highest BCUT2D eigenvalue weighted by atomic mass is 19.1. The average Bonchev–Trinajstić information content (AvgIpc) is 2.93. The topological polar surface area (TPSA) is 90.0 Å². The molecule has 2 heterocycles. The second-order valence-electron chi connectivity index (χ2n) is 4.93. The molecular formula is C15H13FN4O3. The molecule has 118 valence electrons. The Morgan fingerprint density at radius 3 is 2.83 bits per heavy atom.